The standard InChI is InChI=1S/C17H19N5O/c1-13(21-6-8-23-9-7-21)14-2-4-15(5-3-14)16-10-18-17-19-12-20-22(17)11-16/h2-5,10-13H,6-9H2,1H3/t13-/m1/s1. The van der Waals surface area contributed by atoms with Gasteiger partial charge in [-0.05, 0) is 18.1 Å². The highest BCUT2D eigenvalue weighted by molar-refractivity contribution is 5.62. The predicted octanol–water partition coefficient (Wildman–Crippen LogP) is 2.18. The third kappa shape index (κ3) is 2.83. The van der Waals surface area contributed by atoms with Crippen molar-refractivity contribution in [3.05, 3.63) is 48.5 Å². The molecule has 3 aromatic rings. The quantitative estimate of drug-likeness (QED) is 0.742. The lowest BCUT2D eigenvalue weighted by atomic mass is 10.0. The van der Waals surface area contributed by atoms with E-state index in [9.17, 15) is 0 Å². The number of morpholine rings is 1. The Morgan fingerprint density at radius 2 is 1.83 bits per heavy atom. The van der Waals surface area contributed by atoms with Crippen LogP contribution in [0.15, 0.2) is 43.0 Å². The number of rotatable bonds is 3. The van der Waals surface area contributed by atoms with Crippen molar-refractivity contribution in [2.45, 2.75) is 13.0 Å². The van der Waals surface area contributed by atoms with Crippen molar-refractivity contribution in [3.63, 3.8) is 0 Å². The number of hydrogen-bond acceptors (Lipinski definition) is 5. The summed E-state index contributed by atoms with van der Waals surface area (Å²) in [5, 5.41) is 4.14. The van der Waals surface area contributed by atoms with Gasteiger partial charge in [0, 0.05) is 37.1 Å². The summed E-state index contributed by atoms with van der Waals surface area (Å²) >= 11 is 0. The Bertz CT molecular complexity index is 792. The van der Waals surface area contributed by atoms with E-state index in [2.05, 4.69) is 51.2 Å². The van der Waals surface area contributed by atoms with Crippen LogP contribution in [0.3, 0.4) is 0 Å². The predicted molar refractivity (Wildman–Crippen MR) is 87.0 cm³/mol. The van der Waals surface area contributed by atoms with E-state index in [1.807, 2.05) is 12.4 Å². The molecular weight excluding hydrogens is 290 g/mol. The van der Waals surface area contributed by atoms with Crippen LogP contribution in [0.4, 0.5) is 0 Å². The van der Waals surface area contributed by atoms with Gasteiger partial charge in [0.1, 0.15) is 6.33 Å². The van der Waals surface area contributed by atoms with E-state index >= 15 is 0 Å². The first-order chi connectivity index (χ1) is 11.3. The Labute approximate surface area is 134 Å². The zero-order chi connectivity index (χ0) is 15.6. The van der Waals surface area contributed by atoms with E-state index in [-0.39, 0.29) is 0 Å². The maximum absolute atomic E-state index is 5.43. The second-order valence-corrected chi connectivity index (χ2v) is 5.79. The first-order valence-corrected chi connectivity index (χ1v) is 7.89. The number of aromatic nitrogens is 4. The molecule has 0 unspecified atom stereocenters. The van der Waals surface area contributed by atoms with Crippen LogP contribution in [-0.4, -0.2) is 50.8 Å². The van der Waals surface area contributed by atoms with E-state index in [1.54, 1.807) is 4.52 Å². The molecule has 2 aromatic heterocycles. The van der Waals surface area contributed by atoms with Gasteiger partial charge in [0.15, 0.2) is 0 Å². The summed E-state index contributed by atoms with van der Waals surface area (Å²) in [6, 6.07) is 9.09. The third-order valence-electron chi connectivity index (χ3n) is 4.45. The van der Waals surface area contributed by atoms with Crippen LogP contribution in [0.25, 0.3) is 16.9 Å². The number of fused-ring (bicyclic) bond motifs is 1. The van der Waals surface area contributed by atoms with Crippen LogP contribution in [0, 0.1) is 0 Å². The molecule has 1 fully saturated rings. The molecule has 1 aliphatic rings. The average Bonchev–Trinajstić information content (AvgIpc) is 3.10. The van der Waals surface area contributed by atoms with Crippen molar-refractivity contribution in [1.29, 1.82) is 0 Å². The van der Waals surface area contributed by atoms with Crippen LogP contribution in [0.5, 0.6) is 0 Å². The van der Waals surface area contributed by atoms with Gasteiger partial charge in [0.25, 0.3) is 5.78 Å². The third-order valence-corrected chi connectivity index (χ3v) is 4.45. The van der Waals surface area contributed by atoms with E-state index in [1.165, 1.54) is 11.9 Å². The van der Waals surface area contributed by atoms with E-state index in [4.69, 9.17) is 4.74 Å². The normalized spacial score (nSPS) is 17.4. The Balaban J connectivity index is 1.57. The number of hydrogen-bond donors (Lipinski definition) is 0. The van der Waals surface area contributed by atoms with Crippen molar-refractivity contribution in [2.24, 2.45) is 0 Å². The highest BCUT2D eigenvalue weighted by Gasteiger charge is 2.18. The van der Waals surface area contributed by atoms with Crippen LogP contribution in [0.1, 0.15) is 18.5 Å². The molecule has 0 bridgehead atoms. The lowest BCUT2D eigenvalue weighted by molar-refractivity contribution is 0.0198. The lowest BCUT2D eigenvalue weighted by Crippen LogP contribution is -2.37. The zero-order valence-corrected chi connectivity index (χ0v) is 13.1. The van der Waals surface area contributed by atoms with Gasteiger partial charge in [-0.15, -0.1) is 0 Å². The van der Waals surface area contributed by atoms with Gasteiger partial charge in [-0.1, -0.05) is 24.3 Å². The molecule has 23 heavy (non-hydrogen) atoms. The second kappa shape index (κ2) is 6.06. The van der Waals surface area contributed by atoms with E-state index in [0.29, 0.717) is 11.8 Å². The minimum absolute atomic E-state index is 0.406. The first-order valence-electron chi connectivity index (χ1n) is 7.89. The topological polar surface area (TPSA) is 55.5 Å². The van der Waals surface area contributed by atoms with Gasteiger partial charge < -0.3 is 4.74 Å². The fourth-order valence-electron chi connectivity index (χ4n) is 3.00. The van der Waals surface area contributed by atoms with Gasteiger partial charge in [-0.3, -0.25) is 4.90 Å². The lowest BCUT2D eigenvalue weighted by Gasteiger charge is -2.32. The Kier molecular flexibility index (Phi) is 3.77. The molecule has 6 heteroatoms. The van der Waals surface area contributed by atoms with Gasteiger partial charge in [0.05, 0.1) is 13.2 Å². The Hall–Kier alpha value is -2.31. The van der Waals surface area contributed by atoms with Crippen molar-refractivity contribution < 1.29 is 4.74 Å². The summed E-state index contributed by atoms with van der Waals surface area (Å²) in [5.74, 6) is 0.617. The highest BCUT2D eigenvalue weighted by Crippen LogP contribution is 2.25. The number of benzene rings is 1. The summed E-state index contributed by atoms with van der Waals surface area (Å²) < 4.78 is 7.12. The van der Waals surface area contributed by atoms with E-state index < -0.39 is 0 Å². The summed E-state index contributed by atoms with van der Waals surface area (Å²) in [6.07, 6.45) is 5.30. The Morgan fingerprint density at radius 3 is 2.61 bits per heavy atom. The molecule has 0 saturated carbocycles. The minimum atomic E-state index is 0.406. The monoisotopic (exact) mass is 309 g/mol. The molecule has 0 amide bonds. The average molecular weight is 309 g/mol. The maximum atomic E-state index is 5.43. The molecular formula is C17H19N5O. The van der Waals surface area contributed by atoms with Crippen molar-refractivity contribution >= 4 is 5.78 Å². The number of nitrogens with zero attached hydrogens (tertiary/aromatic N) is 5. The zero-order valence-electron chi connectivity index (χ0n) is 13.1. The molecule has 1 atom stereocenters. The molecule has 4 rings (SSSR count). The Morgan fingerprint density at radius 1 is 1.04 bits per heavy atom. The van der Waals surface area contributed by atoms with Gasteiger partial charge in [-0.2, -0.15) is 10.1 Å². The fourth-order valence-corrected chi connectivity index (χ4v) is 3.00. The molecule has 0 aliphatic carbocycles. The van der Waals surface area contributed by atoms with Crippen molar-refractivity contribution in [2.75, 3.05) is 26.3 Å². The SMILES string of the molecule is C[C@H](c1ccc(-c2cnc3ncnn3c2)cc1)N1CCOCC1. The molecule has 0 N–H and O–H groups in total. The van der Waals surface area contributed by atoms with Crippen LogP contribution in [0.2, 0.25) is 0 Å². The molecule has 6 nitrogen and oxygen atoms in total. The number of ether oxygens (including phenoxy) is 1. The highest BCUT2D eigenvalue weighted by atomic mass is 16.5. The molecule has 1 saturated heterocycles. The van der Waals surface area contributed by atoms with Crippen LogP contribution < -0.4 is 0 Å². The van der Waals surface area contributed by atoms with Crippen molar-refractivity contribution in [3.8, 4) is 11.1 Å². The molecule has 0 radical (unpaired) electrons. The smallest absolute Gasteiger partial charge is 0.252 e. The summed E-state index contributed by atoms with van der Waals surface area (Å²) in [4.78, 5) is 10.8. The van der Waals surface area contributed by atoms with Crippen LogP contribution >= 0.6 is 0 Å². The molecule has 3 heterocycles. The van der Waals surface area contributed by atoms with Crippen LogP contribution in [-0.2, 0) is 4.74 Å². The summed E-state index contributed by atoms with van der Waals surface area (Å²) in [5.41, 5.74) is 3.49. The largest absolute Gasteiger partial charge is 0.379 e. The molecule has 1 aliphatic heterocycles. The van der Waals surface area contributed by atoms with Gasteiger partial charge >= 0.3 is 0 Å². The molecule has 1 aromatic carbocycles. The maximum Gasteiger partial charge on any atom is 0.252 e. The first kappa shape index (κ1) is 14.3. The second-order valence-electron chi connectivity index (χ2n) is 5.79. The van der Waals surface area contributed by atoms with Gasteiger partial charge in [0.2, 0.25) is 0 Å². The van der Waals surface area contributed by atoms with E-state index in [0.717, 1.165) is 37.4 Å². The minimum Gasteiger partial charge on any atom is -0.379 e. The molecule has 0 spiro atoms. The van der Waals surface area contributed by atoms with Gasteiger partial charge in [-0.25, -0.2) is 9.50 Å². The summed E-state index contributed by atoms with van der Waals surface area (Å²) in [7, 11) is 0. The summed E-state index contributed by atoms with van der Waals surface area (Å²) in [6.45, 7) is 5.90. The molecule has 118 valence electrons. The van der Waals surface area contributed by atoms with Crippen molar-refractivity contribution in [1.82, 2.24) is 24.5 Å². The fraction of sp³-hybridized carbons (Fsp3) is 0.353.